The molecule has 3 aromatic carbocycles. The van der Waals surface area contributed by atoms with Gasteiger partial charge in [-0.15, -0.1) is 0 Å². The van der Waals surface area contributed by atoms with E-state index in [4.69, 9.17) is 9.72 Å². The zero-order chi connectivity index (χ0) is 24.5. The fourth-order valence-corrected chi connectivity index (χ4v) is 5.46. The van der Waals surface area contributed by atoms with Crippen LogP contribution in [0.2, 0.25) is 0 Å². The minimum Gasteiger partial charge on any atom is -0.494 e. The van der Waals surface area contributed by atoms with Crippen LogP contribution < -0.4 is 9.64 Å². The van der Waals surface area contributed by atoms with E-state index >= 15 is 0 Å². The first-order chi connectivity index (χ1) is 16.2. The number of anilines is 1. The molecule has 0 radical (unpaired) electrons. The molecule has 0 aliphatic carbocycles. The van der Waals surface area contributed by atoms with Gasteiger partial charge in [0.2, 0.25) is 10.0 Å². The highest BCUT2D eigenvalue weighted by Gasteiger charge is 2.24. The Morgan fingerprint density at radius 1 is 1.00 bits per heavy atom. The van der Waals surface area contributed by atoms with Crippen molar-refractivity contribution in [3.63, 3.8) is 0 Å². The fourth-order valence-electron chi connectivity index (χ4n) is 3.51. The first kappa shape index (κ1) is 23.9. The zero-order valence-electron chi connectivity index (χ0n) is 19.3. The molecule has 1 amide bonds. The van der Waals surface area contributed by atoms with Crippen LogP contribution in [0, 0.1) is 6.92 Å². The molecule has 0 saturated heterocycles. The molecule has 1 heterocycles. The van der Waals surface area contributed by atoms with E-state index in [-0.39, 0.29) is 10.8 Å². The highest BCUT2D eigenvalue weighted by atomic mass is 32.2. The van der Waals surface area contributed by atoms with Gasteiger partial charge in [0.05, 0.1) is 23.2 Å². The molecule has 4 rings (SSSR count). The minimum atomic E-state index is -3.59. The highest BCUT2D eigenvalue weighted by molar-refractivity contribution is 7.89. The molecular weight excluding hydrogens is 470 g/mol. The van der Waals surface area contributed by atoms with Crippen LogP contribution >= 0.6 is 11.3 Å². The number of benzene rings is 3. The predicted molar refractivity (Wildman–Crippen MR) is 135 cm³/mol. The number of ether oxygens (including phenoxy) is 1. The molecule has 9 heteroatoms. The Kier molecular flexibility index (Phi) is 6.70. The van der Waals surface area contributed by atoms with Gasteiger partial charge in [-0.2, -0.15) is 0 Å². The topological polar surface area (TPSA) is 79.8 Å². The number of amides is 1. The lowest BCUT2D eigenvalue weighted by Crippen LogP contribution is -2.30. The van der Waals surface area contributed by atoms with Crippen LogP contribution in [0.1, 0.15) is 21.5 Å². The number of nitrogens with zero attached hydrogens (tertiary/aromatic N) is 3. The third-order valence-corrected chi connectivity index (χ3v) is 8.49. The van der Waals surface area contributed by atoms with E-state index < -0.39 is 10.0 Å². The maximum Gasteiger partial charge on any atom is 0.260 e. The Morgan fingerprint density at radius 2 is 1.68 bits per heavy atom. The van der Waals surface area contributed by atoms with Crippen molar-refractivity contribution in [3.8, 4) is 5.75 Å². The van der Waals surface area contributed by atoms with Crippen LogP contribution in [-0.4, -0.2) is 44.8 Å². The normalized spacial score (nSPS) is 11.7. The molecule has 0 aliphatic heterocycles. The zero-order valence-corrected chi connectivity index (χ0v) is 21.0. The van der Waals surface area contributed by atoms with Crippen molar-refractivity contribution in [2.45, 2.75) is 18.4 Å². The quantitative estimate of drug-likeness (QED) is 0.371. The molecule has 0 spiro atoms. The molecule has 7 nitrogen and oxygen atoms in total. The average Bonchev–Trinajstić information content (AvgIpc) is 3.29. The second-order valence-electron chi connectivity index (χ2n) is 7.95. The standard InChI is InChI=1S/C25H25N3O4S2/c1-17-10-15-21(32-4)22-23(17)33-25(26-22)28(16-18-8-6-5-7-9-18)24(29)19-11-13-20(14-12-19)34(30,31)27(2)3/h5-15H,16H2,1-4H3. The number of aromatic nitrogens is 1. The summed E-state index contributed by atoms with van der Waals surface area (Å²) in [6.45, 7) is 2.32. The lowest BCUT2D eigenvalue weighted by atomic mass is 10.1. The van der Waals surface area contributed by atoms with Crippen LogP contribution in [-0.2, 0) is 16.6 Å². The van der Waals surface area contributed by atoms with Gasteiger partial charge in [-0.05, 0) is 48.4 Å². The molecule has 176 valence electrons. The van der Waals surface area contributed by atoms with Crippen LogP contribution in [0.15, 0.2) is 71.6 Å². The molecule has 0 N–H and O–H groups in total. The number of thiazole rings is 1. The summed E-state index contributed by atoms with van der Waals surface area (Å²) in [5.74, 6) is 0.377. The number of rotatable bonds is 7. The van der Waals surface area contributed by atoms with Crippen molar-refractivity contribution >= 4 is 42.6 Å². The van der Waals surface area contributed by atoms with Gasteiger partial charge < -0.3 is 4.74 Å². The molecule has 0 atom stereocenters. The first-order valence-electron chi connectivity index (χ1n) is 10.5. The molecular formula is C25H25N3O4S2. The van der Waals surface area contributed by atoms with Gasteiger partial charge in [-0.25, -0.2) is 17.7 Å². The molecule has 0 saturated carbocycles. The van der Waals surface area contributed by atoms with Gasteiger partial charge in [0.25, 0.3) is 5.91 Å². The van der Waals surface area contributed by atoms with Gasteiger partial charge in [0.1, 0.15) is 11.3 Å². The van der Waals surface area contributed by atoms with Crippen molar-refractivity contribution < 1.29 is 17.9 Å². The van der Waals surface area contributed by atoms with Gasteiger partial charge in [0.15, 0.2) is 5.13 Å². The van der Waals surface area contributed by atoms with Gasteiger partial charge in [-0.3, -0.25) is 9.69 Å². The van der Waals surface area contributed by atoms with E-state index in [0.717, 1.165) is 20.1 Å². The summed E-state index contributed by atoms with van der Waals surface area (Å²) in [6, 6.07) is 19.5. The Labute approximate surface area is 203 Å². The third kappa shape index (κ3) is 4.54. The van der Waals surface area contributed by atoms with Gasteiger partial charge >= 0.3 is 0 Å². The van der Waals surface area contributed by atoms with E-state index in [0.29, 0.717) is 28.5 Å². The maximum atomic E-state index is 13.7. The summed E-state index contributed by atoms with van der Waals surface area (Å²) < 4.78 is 32.4. The number of hydrogen-bond donors (Lipinski definition) is 0. The van der Waals surface area contributed by atoms with Crippen molar-refractivity contribution in [2.24, 2.45) is 0 Å². The van der Waals surface area contributed by atoms with Gasteiger partial charge in [-0.1, -0.05) is 47.7 Å². The summed E-state index contributed by atoms with van der Waals surface area (Å²) in [6.07, 6.45) is 0. The molecule has 34 heavy (non-hydrogen) atoms. The Bertz CT molecular complexity index is 1430. The monoisotopic (exact) mass is 495 g/mol. The number of carbonyl (C=O) groups is 1. The van der Waals surface area contributed by atoms with Crippen LogP contribution in [0.25, 0.3) is 10.2 Å². The van der Waals surface area contributed by atoms with E-state index in [1.165, 1.54) is 49.7 Å². The van der Waals surface area contributed by atoms with Crippen molar-refractivity contribution in [2.75, 3.05) is 26.1 Å². The van der Waals surface area contributed by atoms with E-state index in [9.17, 15) is 13.2 Å². The lowest BCUT2D eigenvalue weighted by molar-refractivity contribution is 0.0985. The Hall–Kier alpha value is -3.27. The summed E-state index contributed by atoms with van der Waals surface area (Å²) >= 11 is 1.43. The number of hydrogen-bond acceptors (Lipinski definition) is 6. The molecule has 0 fully saturated rings. The second-order valence-corrected chi connectivity index (χ2v) is 11.1. The third-order valence-electron chi connectivity index (χ3n) is 5.45. The van der Waals surface area contributed by atoms with Crippen LogP contribution in [0.5, 0.6) is 5.75 Å². The summed E-state index contributed by atoms with van der Waals surface area (Å²) in [5.41, 5.74) is 3.08. The smallest absolute Gasteiger partial charge is 0.260 e. The maximum absolute atomic E-state index is 13.7. The number of aryl methyl sites for hydroxylation is 1. The molecule has 1 aromatic heterocycles. The van der Waals surface area contributed by atoms with Crippen molar-refractivity contribution in [3.05, 3.63) is 83.4 Å². The molecule has 4 aromatic rings. The number of carbonyl (C=O) groups excluding carboxylic acids is 1. The average molecular weight is 496 g/mol. The summed E-state index contributed by atoms with van der Waals surface area (Å²) in [4.78, 5) is 20.2. The van der Waals surface area contributed by atoms with E-state index in [1.807, 2.05) is 49.4 Å². The fraction of sp³-hybridized carbons (Fsp3) is 0.200. The number of methoxy groups -OCH3 is 1. The van der Waals surface area contributed by atoms with Crippen molar-refractivity contribution in [1.82, 2.24) is 9.29 Å². The Balaban J connectivity index is 1.77. The summed E-state index contributed by atoms with van der Waals surface area (Å²) in [5, 5.41) is 0.543. The lowest BCUT2D eigenvalue weighted by Gasteiger charge is -2.20. The SMILES string of the molecule is COc1ccc(C)c2sc(N(Cc3ccccc3)C(=O)c3ccc(S(=O)(=O)N(C)C)cc3)nc12. The van der Waals surface area contributed by atoms with Crippen LogP contribution in [0.3, 0.4) is 0 Å². The Morgan fingerprint density at radius 3 is 2.29 bits per heavy atom. The highest BCUT2D eigenvalue weighted by Crippen LogP contribution is 2.37. The molecule has 0 bridgehead atoms. The molecule has 0 aliphatic rings. The molecule has 0 unspecified atom stereocenters. The predicted octanol–water partition coefficient (Wildman–Crippen LogP) is 4.71. The second kappa shape index (κ2) is 9.54. The number of fused-ring (bicyclic) bond motifs is 1. The van der Waals surface area contributed by atoms with E-state index in [1.54, 1.807) is 12.0 Å². The minimum absolute atomic E-state index is 0.129. The first-order valence-corrected chi connectivity index (χ1v) is 12.8. The number of sulfonamides is 1. The van der Waals surface area contributed by atoms with E-state index in [2.05, 4.69) is 0 Å². The van der Waals surface area contributed by atoms with Gasteiger partial charge in [0, 0.05) is 19.7 Å². The van der Waals surface area contributed by atoms with Crippen LogP contribution in [0.4, 0.5) is 5.13 Å². The summed E-state index contributed by atoms with van der Waals surface area (Å²) in [7, 11) is 0.954. The van der Waals surface area contributed by atoms with Crippen molar-refractivity contribution in [1.29, 1.82) is 0 Å². The largest absolute Gasteiger partial charge is 0.494 e.